The van der Waals surface area contributed by atoms with Crippen LogP contribution < -0.4 is 0 Å². The molecule has 180 valence electrons. The minimum atomic E-state index is -0.975. The molecule has 0 saturated carbocycles. The quantitative estimate of drug-likeness (QED) is 0.370. The van der Waals surface area contributed by atoms with E-state index >= 15 is 0 Å². The maximum Gasteiger partial charge on any atom is 0.140 e. The Morgan fingerprint density at radius 3 is 1.91 bits per heavy atom. The van der Waals surface area contributed by atoms with Crippen molar-refractivity contribution < 1.29 is 9.50 Å². The molecule has 34 heavy (non-hydrogen) atoms. The lowest BCUT2D eigenvalue weighted by molar-refractivity contribution is 0.0739. The van der Waals surface area contributed by atoms with Gasteiger partial charge in [0.2, 0.25) is 0 Å². The number of benzene rings is 1. The Morgan fingerprint density at radius 1 is 0.882 bits per heavy atom. The predicted molar refractivity (Wildman–Crippen MR) is 135 cm³/mol. The Balaban J connectivity index is 0.000000343. The molecule has 0 aliphatic carbocycles. The zero-order valence-electron chi connectivity index (χ0n) is 20.6. The number of pyridine rings is 1. The standard InChI is InChI=1S/C19H20FN3O.C5H5ClN2.C2H6/c1-12-17(14-7-10-16(21-11-14)19(2,3)24)22-18(23(12)4)13-5-8-15(20)9-6-13;1-4-7-2-5(6)3-8-4;1-2/h5-11,24H,1-4H3;2-3H,1H3;1-2H3. The largest absolute Gasteiger partial charge is 0.384 e. The highest BCUT2D eigenvalue weighted by Crippen LogP contribution is 2.29. The molecule has 0 unspecified atom stereocenters. The summed E-state index contributed by atoms with van der Waals surface area (Å²) >= 11 is 5.49. The highest BCUT2D eigenvalue weighted by atomic mass is 35.5. The van der Waals surface area contributed by atoms with Crippen LogP contribution in [0.2, 0.25) is 5.02 Å². The number of hydrogen-bond acceptors (Lipinski definition) is 5. The maximum atomic E-state index is 13.1. The van der Waals surface area contributed by atoms with E-state index in [-0.39, 0.29) is 5.82 Å². The monoisotopic (exact) mass is 483 g/mol. The van der Waals surface area contributed by atoms with Crippen molar-refractivity contribution in [3.63, 3.8) is 0 Å². The SMILES string of the molecule is CC.Cc1c(-c2ccc(C(C)(C)O)nc2)nc(-c2ccc(F)cc2)n1C.Cc1ncc(Cl)cn1. The van der Waals surface area contributed by atoms with Gasteiger partial charge in [-0.3, -0.25) is 4.98 Å². The first-order chi connectivity index (χ1) is 16.1. The molecule has 4 rings (SSSR count). The third-order valence-electron chi connectivity index (χ3n) is 4.90. The molecule has 0 atom stereocenters. The van der Waals surface area contributed by atoms with Gasteiger partial charge in [0.05, 0.1) is 16.4 Å². The van der Waals surface area contributed by atoms with Crippen molar-refractivity contribution in [2.24, 2.45) is 7.05 Å². The molecule has 0 amide bonds. The minimum Gasteiger partial charge on any atom is -0.384 e. The Morgan fingerprint density at radius 2 is 1.44 bits per heavy atom. The zero-order valence-corrected chi connectivity index (χ0v) is 21.4. The first-order valence-electron chi connectivity index (χ1n) is 11.0. The normalized spacial score (nSPS) is 10.6. The maximum absolute atomic E-state index is 13.1. The van der Waals surface area contributed by atoms with Crippen LogP contribution >= 0.6 is 11.6 Å². The van der Waals surface area contributed by atoms with Gasteiger partial charge in [0.15, 0.2) is 0 Å². The van der Waals surface area contributed by atoms with Crippen molar-refractivity contribution in [2.45, 2.75) is 47.1 Å². The molecule has 3 heterocycles. The second-order valence-corrected chi connectivity index (χ2v) is 8.31. The first kappa shape index (κ1) is 27.1. The second kappa shape index (κ2) is 11.8. The second-order valence-electron chi connectivity index (χ2n) is 7.87. The Hall–Kier alpha value is -3.16. The van der Waals surface area contributed by atoms with Gasteiger partial charge in [-0.05, 0) is 64.1 Å². The highest BCUT2D eigenvalue weighted by Gasteiger charge is 2.19. The van der Waals surface area contributed by atoms with Crippen molar-refractivity contribution in [3.05, 3.63) is 83.0 Å². The fourth-order valence-electron chi connectivity index (χ4n) is 2.98. The van der Waals surface area contributed by atoms with Crippen molar-refractivity contribution >= 4 is 11.6 Å². The number of aliphatic hydroxyl groups is 1. The molecule has 0 aliphatic rings. The molecule has 0 fully saturated rings. The van der Waals surface area contributed by atoms with E-state index in [2.05, 4.69) is 15.0 Å². The summed E-state index contributed by atoms with van der Waals surface area (Å²) in [5, 5.41) is 10.6. The summed E-state index contributed by atoms with van der Waals surface area (Å²) in [6.07, 6.45) is 4.87. The summed E-state index contributed by atoms with van der Waals surface area (Å²) in [7, 11) is 1.93. The van der Waals surface area contributed by atoms with E-state index in [1.165, 1.54) is 12.1 Å². The third-order valence-corrected chi connectivity index (χ3v) is 5.09. The van der Waals surface area contributed by atoms with Gasteiger partial charge in [-0.25, -0.2) is 19.3 Å². The molecule has 0 aliphatic heterocycles. The van der Waals surface area contributed by atoms with Crippen molar-refractivity contribution in [2.75, 3.05) is 0 Å². The van der Waals surface area contributed by atoms with Crippen molar-refractivity contribution in [3.8, 4) is 22.6 Å². The van der Waals surface area contributed by atoms with Crippen LogP contribution in [0, 0.1) is 19.7 Å². The van der Waals surface area contributed by atoms with Crippen LogP contribution in [0.15, 0.2) is 55.0 Å². The summed E-state index contributed by atoms with van der Waals surface area (Å²) in [5.41, 5.74) is 3.19. The van der Waals surface area contributed by atoms with Crippen LogP contribution in [-0.2, 0) is 12.6 Å². The van der Waals surface area contributed by atoms with E-state index < -0.39 is 5.60 Å². The van der Waals surface area contributed by atoms with E-state index in [0.717, 1.165) is 34.2 Å². The molecule has 0 bridgehead atoms. The molecule has 8 heteroatoms. The van der Waals surface area contributed by atoms with Gasteiger partial charge in [0.1, 0.15) is 23.1 Å². The zero-order chi connectivity index (χ0) is 25.5. The van der Waals surface area contributed by atoms with Crippen LogP contribution in [0.1, 0.15) is 44.9 Å². The molecule has 4 aromatic rings. The number of aryl methyl sites for hydroxylation is 1. The highest BCUT2D eigenvalue weighted by molar-refractivity contribution is 6.30. The predicted octanol–water partition coefficient (Wildman–Crippen LogP) is 6.29. The average Bonchev–Trinajstić information content (AvgIpc) is 3.12. The van der Waals surface area contributed by atoms with E-state index in [0.29, 0.717) is 10.7 Å². The summed E-state index contributed by atoms with van der Waals surface area (Å²) in [6, 6.07) is 10.0. The van der Waals surface area contributed by atoms with Crippen molar-refractivity contribution in [1.82, 2.24) is 24.5 Å². The van der Waals surface area contributed by atoms with Crippen LogP contribution in [0.4, 0.5) is 4.39 Å². The topological polar surface area (TPSA) is 76.7 Å². The van der Waals surface area contributed by atoms with Crippen molar-refractivity contribution in [1.29, 1.82) is 0 Å². The van der Waals surface area contributed by atoms with E-state index in [9.17, 15) is 9.50 Å². The fourth-order valence-corrected chi connectivity index (χ4v) is 3.08. The third kappa shape index (κ3) is 6.92. The fraction of sp³-hybridized carbons (Fsp3) is 0.308. The summed E-state index contributed by atoms with van der Waals surface area (Å²) < 4.78 is 15.1. The number of halogens is 2. The van der Waals surface area contributed by atoms with Gasteiger partial charge in [0, 0.05) is 42.5 Å². The molecule has 1 N–H and O–H groups in total. The Bertz CT molecular complexity index is 1160. The lowest BCUT2D eigenvalue weighted by Crippen LogP contribution is -2.17. The lowest BCUT2D eigenvalue weighted by Gasteiger charge is -2.16. The smallest absolute Gasteiger partial charge is 0.140 e. The number of nitrogens with zero attached hydrogens (tertiary/aromatic N) is 5. The average molecular weight is 484 g/mol. The van der Waals surface area contributed by atoms with Crippen LogP contribution in [0.5, 0.6) is 0 Å². The molecule has 3 aromatic heterocycles. The van der Waals surface area contributed by atoms with Gasteiger partial charge >= 0.3 is 0 Å². The lowest BCUT2D eigenvalue weighted by atomic mass is 10.0. The first-order valence-corrected chi connectivity index (χ1v) is 11.4. The Labute approximate surface area is 205 Å². The molecular formula is C26H31ClFN5O. The molecule has 0 spiro atoms. The van der Waals surface area contributed by atoms with Gasteiger partial charge in [0.25, 0.3) is 0 Å². The van der Waals surface area contributed by atoms with E-state index in [1.54, 1.807) is 50.6 Å². The van der Waals surface area contributed by atoms with Gasteiger partial charge in [-0.2, -0.15) is 0 Å². The molecule has 1 aromatic carbocycles. The summed E-state index contributed by atoms with van der Waals surface area (Å²) in [4.78, 5) is 16.7. The molecular weight excluding hydrogens is 453 g/mol. The number of imidazole rings is 1. The van der Waals surface area contributed by atoms with Gasteiger partial charge in [-0.15, -0.1) is 0 Å². The molecule has 0 saturated heterocycles. The number of hydrogen-bond donors (Lipinski definition) is 1. The number of rotatable bonds is 3. The number of aromatic nitrogens is 5. The molecule has 6 nitrogen and oxygen atoms in total. The Kier molecular flexibility index (Phi) is 9.41. The summed E-state index contributed by atoms with van der Waals surface area (Å²) in [6.45, 7) is 11.2. The van der Waals surface area contributed by atoms with Gasteiger partial charge in [-0.1, -0.05) is 25.4 Å². The van der Waals surface area contributed by atoms with Crippen LogP contribution in [0.25, 0.3) is 22.6 Å². The van der Waals surface area contributed by atoms with E-state index in [1.807, 2.05) is 45.4 Å². The minimum absolute atomic E-state index is 0.267. The van der Waals surface area contributed by atoms with Crippen LogP contribution in [0.3, 0.4) is 0 Å². The van der Waals surface area contributed by atoms with Gasteiger partial charge < -0.3 is 9.67 Å². The van der Waals surface area contributed by atoms with E-state index in [4.69, 9.17) is 16.6 Å². The van der Waals surface area contributed by atoms with Crippen LogP contribution in [-0.4, -0.2) is 29.6 Å². The summed E-state index contributed by atoms with van der Waals surface area (Å²) in [5.74, 6) is 1.25. The molecule has 0 radical (unpaired) electrons.